The van der Waals surface area contributed by atoms with Crippen molar-refractivity contribution >= 4 is 0 Å². The Morgan fingerprint density at radius 2 is 1.33 bits per heavy atom. The fourth-order valence-corrected chi connectivity index (χ4v) is 12.5. The second-order valence-corrected chi connectivity index (χ2v) is 19.3. The van der Waals surface area contributed by atoms with Crippen LogP contribution < -0.4 is 0 Å². The van der Waals surface area contributed by atoms with E-state index >= 15 is 0 Å². The number of hydrogen-bond donors (Lipinski definition) is 8. The van der Waals surface area contributed by atoms with Crippen LogP contribution in [0.4, 0.5) is 0 Å². The SMILES string of the molecule is CC[C@H](CC[C@@H](C)[C@H]1[C@H](O[C@@H]2O[C@@H]([C@H](O)COC)[C@H](O)[C@H]2O)CC2=C3[C@@H](O[C@@H]4O[C@@H]([C@H](O)COC)[C@H](O)[C@H]4O)[C@@H](O)[C@H]4C[C@H](O)CC[C@]4(C)[C@H]3CC[C@@]21C)C(C)C. The van der Waals surface area contributed by atoms with Gasteiger partial charge >= 0.3 is 0 Å². The Morgan fingerprint density at radius 3 is 1.88 bits per heavy atom. The average molecular weight is 815 g/mol. The number of ether oxygens (including phenoxy) is 6. The van der Waals surface area contributed by atoms with Gasteiger partial charge in [-0.15, -0.1) is 0 Å². The van der Waals surface area contributed by atoms with Crippen LogP contribution >= 0.6 is 0 Å². The molecule has 4 aliphatic carbocycles. The molecule has 2 heterocycles. The predicted octanol–water partition coefficient (Wildman–Crippen LogP) is 2.04. The van der Waals surface area contributed by atoms with Crippen molar-refractivity contribution in [1.29, 1.82) is 0 Å². The van der Waals surface area contributed by atoms with E-state index in [1.807, 2.05) is 0 Å². The van der Waals surface area contributed by atoms with Gasteiger partial charge in [0.2, 0.25) is 0 Å². The van der Waals surface area contributed by atoms with Crippen LogP contribution in [0.5, 0.6) is 0 Å². The number of methoxy groups -OCH3 is 2. The van der Waals surface area contributed by atoms with Gasteiger partial charge < -0.3 is 69.3 Å². The van der Waals surface area contributed by atoms with Crippen molar-refractivity contribution in [2.75, 3.05) is 27.4 Å². The van der Waals surface area contributed by atoms with Gasteiger partial charge in [0.25, 0.3) is 0 Å². The predicted molar refractivity (Wildman–Crippen MR) is 207 cm³/mol. The summed E-state index contributed by atoms with van der Waals surface area (Å²) in [5.41, 5.74) is 1.24. The molecule has 3 saturated carbocycles. The summed E-state index contributed by atoms with van der Waals surface area (Å²) < 4.78 is 35.8. The van der Waals surface area contributed by atoms with Crippen LogP contribution in [0.3, 0.4) is 0 Å². The van der Waals surface area contributed by atoms with E-state index in [4.69, 9.17) is 28.4 Å². The van der Waals surface area contributed by atoms with Crippen LogP contribution in [-0.2, 0) is 28.4 Å². The smallest absolute Gasteiger partial charge is 0.187 e. The minimum atomic E-state index is -1.51. The summed E-state index contributed by atoms with van der Waals surface area (Å²) >= 11 is 0. The fourth-order valence-electron chi connectivity index (χ4n) is 12.5. The molecule has 2 saturated heterocycles. The minimum Gasteiger partial charge on any atom is -0.393 e. The molecule has 0 bridgehead atoms. The van der Waals surface area contributed by atoms with E-state index in [1.165, 1.54) is 14.2 Å². The lowest BCUT2D eigenvalue weighted by Crippen LogP contribution is -2.60. The summed E-state index contributed by atoms with van der Waals surface area (Å²) in [6, 6.07) is 0. The number of aliphatic hydroxyl groups is 8. The molecule has 0 aromatic rings. The van der Waals surface area contributed by atoms with Gasteiger partial charge in [0.15, 0.2) is 12.6 Å². The number of fused-ring (bicyclic) bond motifs is 4. The maximum atomic E-state index is 12.5. The van der Waals surface area contributed by atoms with E-state index in [-0.39, 0.29) is 42.3 Å². The fraction of sp³-hybridized carbons (Fsp3) is 0.953. The molecule has 2 aliphatic heterocycles. The molecular formula is C43H74O14. The lowest BCUT2D eigenvalue weighted by atomic mass is 9.47. The first-order valence-electron chi connectivity index (χ1n) is 21.7. The van der Waals surface area contributed by atoms with Gasteiger partial charge in [0.1, 0.15) is 54.9 Å². The largest absolute Gasteiger partial charge is 0.393 e. The van der Waals surface area contributed by atoms with E-state index in [9.17, 15) is 40.9 Å². The molecule has 21 atom stereocenters. The molecule has 330 valence electrons. The summed E-state index contributed by atoms with van der Waals surface area (Å²) in [5, 5.41) is 89.2. The second-order valence-electron chi connectivity index (χ2n) is 19.3. The summed E-state index contributed by atoms with van der Waals surface area (Å²) in [7, 11) is 2.86. The first-order valence-corrected chi connectivity index (χ1v) is 21.7. The van der Waals surface area contributed by atoms with Gasteiger partial charge in [-0.3, -0.25) is 0 Å². The van der Waals surface area contributed by atoms with Gasteiger partial charge in [-0.05, 0) is 96.9 Å². The molecule has 0 aromatic heterocycles. The lowest BCUT2D eigenvalue weighted by Gasteiger charge is -2.60. The highest BCUT2D eigenvalue weighted by molar-refractivity contribution is 5.40. The third kappa shape index (κ3) is 8.41. The Balaban J connectivity index is 1.41. The lowest BCUT2D eigenvalue weighted by molar-refractivity contribution is -0.236. The summed E-state index contributed by atoms with van der Waals surface area (Å²) in [6.07, 6.45) is -9.22. The monoisotopic (exact) mass is 815 g/mol. The van der Waals surface area contributed by atoms with Crippen LogP contribution in [-0.4, -0.2) is 154 Å². The van der Waals surface area contributed by atoms with Gasteiger partial charge in [0.05, 0.1) is 31.5 Å². The maximum Gasteiger partial charge on any atom is 0.187 e. The number of aliphatic hydroxyl groups excluding tert-OH is 8. The second kappa shape index (κ2) is 18.3. The highest BCUT2D eigenvalue weighted by Crippen LogP contribution is 2.67. The zero-order valence-electron chi connectivity index (χ0n) is 35.4. The third-order valence-corrected chi connectivity index (χ3v) is 15.7. The highest BCUT2D eigenvalue weighted by Gasteiger charge is 2.64. The van der Waals surface area contributed by atoms with Crippen molar-refractivity contribution in [3.8, 4) is 0 Å². The number of rotatable bonds is 16. The number of hydrogen-bond acceptors (Lipinski definition) is 14. The molecule has 5 fully saturated rings. The zero-order valence-corrected chi connectivity index (χ0v) is 35.4. The Bertz CT molecular complexity index is 1360. The molecule has 14 heteroatoms. The minimum absolute atomic E-state index is 0.0337. The topological polar surface area (TPSA) is 217 Å². The third-order valence-electron chi connectivity index (χ3n) is 15.7. The Labute approximate surface area is 338 Å². The standard InChI is InChI=1S/C43H74O14/c1-9-22(20(2)3)11-10-21(4)31-29(54-40-35(50)33(48)37(55-40)27(45)18-52-7)17-25-30-24(13-15-43(25,31)6)42(5)14-12-23(44)16-26(42)32(47)39(30)57-41-36(51)34(49)38(56-41)28(46)19-53-8/h20-24,26-29,31-41,44-51H,9-19H2,1-8H3/t21-,22-,23-,24+,26-,27-,28-,29-,31+,32+,33-,34-,35-,36-,37+,38+,39-,40-,41+,42-,43+/m1/s1. The van der Waals surface area contributed by atoms with Crippen LogP contribution in [0.15, 0.2) is 11.1 Å². The Morgan fingerprint density at radius 1 is 0.754 bits per heavy atom. The van der Waals surface area contributed by atoms with Crippen molar-refractivity contribution in [1.82, 2.24) is 0 Å². The summed E-state index contributed by atoms with van der Waals surface area (Å²) in [5.74, 6) is 0.853. The molecule has 0 amide bonds. The van der Waals surface area contributed by atoms with E-state index in [1.54, 1.807) is 0 Å². The average Bonchev–Trinajstić information content (AvgIpc) is 3.73. The molecule has 57 heavy (non-hydrogen) atoms. The summed E-state index contributed by atoms with van der Waals surface area (Å²) in [4.78, 5) is 0. The van der Waals surface area contributed by atoms with Crippen LogP contribution in [0.25, 0.3) is 0 Å². The van der Waals surface area contributed by atoms with Gasteiger partial charge in [-0.25, -0.2) is 0 Å². The van der Waals surface area contributed by atoms with Gasteiger partial charge in [-0.1, -0.05) is 60.0 Å². The van der Waals surface area contributed by atoms with E-state index in [0.717, 1.165) is 43.3 Å². The van der Waals surface area contributed by atoms with Crippen LogP contribution in [0.1, 0.15) is 99.3 Å². The van der Waals surface area contributed by atoms with Crippen LogP contribution in [0.2, 0.25) is 0 Å². The normalized spacial score (nSPS) is 46.8. The first kappa shape index (κ1) is 45.7. The van der Waals surface area contributed by atoms with E-state index < -0.39 is 91.2 Å². The van der Waals surface area contributed by atoms with Crippen molar-refractivity contribution < 1.29 is 69.3 Å². The molecular weight excluding hydrogens is 740 g/mol. The molecule has 6 rings (SSSR count). The Hall–Kier alpha value is -0.820. The first-order chi connectivity index (χ1) is 26.9. The highest BCUT2D eigenvalue weighted by atomic mass is 16.7. The molecule has 0 spiro atoms. The van der Waals surface area contributed by atoms with Gasteiger partial charge in [-0.2, -0.15) is 0 Å². The van der Waals surface area contributed by atoms with Crippen molar-refractivity contribution in [2.45, 2.75) is 185 Å². The molecule has 14 nitrogen and oxygen atoms in total. The van der Waals surface area contributed by atoms with E-state index in [2.05, 4.69) is 41.5 Å². The molecule has 0 radical (unpaired) electrons. The van der Waals surface area contributed by atoms with Crippen molar-refractivity contribution in [3.05, 3.63) is 11.1 Å². The Kier molecular flexibility index (Phi) is 14.6. The van der Waals surface area contributed by atoms with Crippen molar-refractivity contribution in [3.63, 3.8) is 0 Å². The van der Waals surface area contributed by atoms with Crippen molar-refractivity contribution in [2.24, 2.45) is 46.3 Å². The van der Waals surface area contributed by atoms with Crippen LogP contribution in [0, 0.1) is 46.3 Å². The molecule has 0 unspecified atom stereocenters. The zero-order chi connectivity index (χ0) is 41.7. The molecule has 6 aliphatic rings. The van der Waals surface area contributed by atoms with Gasteiger partial charge in [0, 0.05) is 14.2 Å². The maximum absolute atomic E-state index is 12.5. The molecule has 0 aromatic carbocycles. The summed E-state index contributed by atoms with van der Waals surface area (Å²) in [6.45, 7) is 13.3. The quantitative estimate of drug-likeness (QED) is 0.105. The molecule has 8 N–H and O–H groups in total. The van der Waals surface area contributed by atoms with E-state index in [0.29, 0.717) is 37.5 Å².